The Morgan fingerprint density at radius 3 is 2.70 bits per heavy atom. The van der Waals surface area contributed by atoms with Crippen LogP contribution in [0.3, 0.4) is 0 Å². The van der Waals surface area contributed by atoms with Crippen molar-refractivity contribution < 1.29 is 0 Å². The highest BCUT2D eigenvalue weighted by Gasteiger charge is 2.17. The number of benzene rings is 1. The smallest absolute Gasteiger partial charge is 0.233 e. The molecule has 0 atom stereocenters. The molecule has 4 rings (SSSR count). The maximum Gasteiger partial charge on any atom is 0.233 e. The Morgan fingerprint density at radius 1 is 1.09 bits per heavy atom. The van der Waals surface area contributed by atoms with Gasteiger partial charge in [-0.05, 0) is 11.6 Å². The Bertz CT molecular complexity index is 926. The fourth-order valence-electron chi connectivity index (χ4n) is 2.58. The maximum atomic E-state index is 4.70. The van der Waals surface area contributed by atoms with Gasteiger partial charge >= 0.3 is 0 Å². The molecule has 0 aliphatic heterocycles. The van der Waals surface area contributed by atoms with Crippen LogP contribution in [0.4, 0.5) is 5.82 Å². The van der Waals surface area contributed by atoms with Crippen molar-refractivity contribution in [2.75, 3.05) is 12.4 Å². The van der Waals surface area contributed by atoms with Crippen LogP contribution < -0.4 is 5.32 Å². The molecule has 114 valence electrons. The molecule has 0 fully saturated rings. The molecule has 0 spiro atoms. The van der Waals surface area contributed by atoms with Crippen molar-refractivity contribution in [3.63, 3.8) is 0 Å². The van der Waals surface area contributed by atoms with E-state index in [9.17, 15) is 0 Å². The van der Waals surface area contributed by atoms with Crippen molar-refractivity contribution in [2.45, 2.75) is 6.54 Å². The molecule has 3 aromatic heterocycles. The summed E-state index contributed by atoms with van der Waals surface area (Å²) >= 11 is 0. The van der Waals surface area contributed by atoms with Crippen molar-refractivity contribution in [2.24, 2.45) is 0 Å². The van der Waals surface area contributed by atoms with Gasteiger partial charge in [-0.1, -0.05) is 30.3 Å². The molecule has 7 nitrogen and oxygen atoms in total. The van der Waals surface area contributed by atoms with Crippen LogP contribution in [0.15, 0.2) is 55.1 Å². The summed E-state index contributed by atoms with van der Waals surface area (Å²) in [6.45, 7) is 0.659. The van der Waals surface area contributed by atoms with Crippen LogP contribution in [0.2, 0.25) is 0 Å². The number of aromatic nitrogens is 6. The summed E-state index contributed by atoms with van der Waals surface area (Å²) in [6, 6.07) is 12.1. The van der Waals surface area contributed by atoms with E-state index in [1.54, 1.807) is 17.2 Å². The predicted octanol–water partition coefficient (Wildman–Crippen LogP) is 2.10. The first-order chi connectivity index (χ1) is 11.4. The number of rotatable bonds is 4. The average molecular weight is 305 g/mol. The second-order valence-corrected chi connectivity index (χ2v) is 5.08. The van der Waals surface area contributed by atoms with Crippen LogP contribution in [0.5, 0.6) is 0 Å². The maximum absolute atomic E-state index is 4.70. The van der Waals surface area contributed by atoms with Gasteiger partial charge in [0.25, 0.3) is 0 Å². The summed E-state index contributed by atoms with van der Waals surface area (Å²) in [5.41, 5.74) is 2.68. The van der Waals surface area contributed by atoms with Gasteiger partial charge in [-0.25, -0.2) is 19.6 Å². The first-order valence-electron chi connectivity index (χ1n) is 7.30. The fourth-order valence-corrected chi connectivity index (χ4v) is 2.58. The number of hydrogen-bond donors (Lipinski definition) is 1. The van der Waals surface area contributed by atoms with E-state index in [4.69, 9.17) is 4.98 Å². The zero-order chi connectivity index (χ0) is 15.6. The van der Waals surface area contributed by atoms with Gasteiger partial charge in [-0.2, -0.15) is 5.10 Å². The van der Waals surface area contributed by atoms with E-state index in [2.05, 4.69) is 32.5 Å². The third kappa shape index (κ3) is 2.32. The first kappa shape index (κ1) is 13.4. The Labute approximate surface area is 132 Å². The highest BCUT2D eigenvalue weighted by molar-refractivity contribution is 5.84. The molecule has 0 radical (unpaired) electrons. The van der Waals surface area contributed by atoms with Gasteiger partial charge in [0.1, 0.15) is 6.33 Å². The van der Waals surface area contributed by atoms with Crippen LogP contribution in [0, 0.1) is 0 Å². The largest absolute Gasteiger partial charge is 0.371 e. The van der Waals surface area contributed by atoms with E-state index in [0.29, 0.717) is 18.3 Å². The minimum absolute atomic E-state index is 0.659. The zero-order valence-electron chi connectivity index (χ0n) is 12.6. The van der Waals surface area contributed by atoms with E-state index in [-0.39, 0.29) is 0 Å². The summed E-state index contributed by atoms with van der Waals surface area (Å²) in [5, 5.41) is 7.37. The summed E-state index contributed by atoms with van der Waals surface area (Å²) in [4.78, 5) is 13.4. The van der Waals surface area contributed by atoms with Crippen LogP contribution in [-0.2, 0) is 6.54 Å². The van der Waals surface area contributed by atoms with E-state index in [0.717, 1.165) is 11.2 Å². The monoisotopic (exact) mass is 305 g/mol. The second-order valence-electron chi connectivity index (χ2n) is 5.08. The molecule has 7 heteroatoms. The molecule has 0 bridgehead atoms. The number of anilines is 1. The molecular formula is C16H15N7. The molecule has 0 saturated heterocycles. The van der Waals surface area contributed by atoms with Crippen LogP contribution in [0.25, 0.3) is 17.1 Å². The van der Waals surface area contributed by atoms with Crippen molar-refractivity contribution in [1.29, 1.82) is 0 Å². The minimum Gasteiger partial charge on any atom is -0.371 e. The molecule has 3 heterocycles. The van der Waals surface area contributed by atoms with Crippen LogP contribution in [0.1, 0.15) is 5.56 Å². The lowest BCUT2D eigenvalue weighted by Crippen LogP contribution is -2.09. The lowest BCUT2D eigenvalue weighted by molar-refractivity contribution is 0.715. The predicted molar refractivity (Wildman–Crippen MR) is 87.5 cm³/mol. The topological polar surface area (TPSA) is 73.5 Å². The zero-order valence-corrected chi connectivity index (χ0v) is 12.6. The van der Waals surface area contributed by atoms with Gasteiger partial charge < -0.3 is 5.32 Å². The molecular weight excluding hydrogens is 290 g/mol. The van der Waals surface area contributed by atoms with Crippen molar-refractivity contribution in [3.05, 3.63) is 60.7 Å². The molecule has 23 heavy (non-hydrogen) atoms. The third-order valence-corrected chi connectivity index (χ3v) is 3.64. The Kier molecular flexibility index (Phi) is 3.23. The summed E-state index contributed by atoms with van der Waals surface area (Å²) in [5.74, 6) is 1.42. The van der Waals surface area contributed by atoms with Crippen molar-refractivity contribution in [1.82, 2.24) is 29.3 Å². The summed E-state index contributed by atoms with van der Waals surface area (Å²) < 4.78 is 3.78. The van der Waals surface area contributed by atoms with Crippen LogP contribution in [-0.4, -0.2) is 36.3 Å². The molecule has 0 aliphatic rings. The van der Waals surface area contributed by atoms with Gasteiger partial charge in [0, 0.05) is 19.4 Å². The second kappa shape index (κ2) is 5.53. The highest BCUT2D eigenvalue weighted by atomic mass is 15.4. The molecule has 1 aromatic carbocycles. The van der Waals surface area contributed by atoms with Crippen molar-refractivity contribution in [3.8, 4) is 5.95 Å². The normalized spacial score (nSPS) is 11.0. The summed E-state index contributed by atoms with van der Waals surface area (Å²) in [7, 11) is 1.82. The molecule has 4 aromatic rings. The lowest BCUT2D eigenvalue weighted by Gasteiger charge is -2.08. The molecule has 0 aliphatic carbocycles. The van der Waals surface area contributed by atoms with Gasteiger partial charge in [-0.15, -0.1) is 0 Å². The standard InChI is InChI=1S/C16H15N7/c1-17-14-13-15(19-11-18-14)22(10-12-6-3-2-4-7-12)16(21-13)23-9-5-8-20-23/h2-9,11H,10H2,1H3,(H,17,18,19). The van der Waals surface area contributed by atoms with Gasteiger partial charge in [0.2, 0.25) is 5.95 Å². The number of nitrogens with zero attached hydrogens (tertiary/aromatic N) is 6. The molecule has 0 saturated carbocycles. The molecule has 1 N–H and O–H groups in total. The SMILES string of the molecule is CNc1ncnc2c1nc(-n1cccn1)n2Cc1ccccc1. The van der Waals surface area contributed by atoms with Crippen molar-refractivity contribution >= 4 is 17.0 Å². The Balaban J connectivity index is 1.94. The highest BCUT2D eigenvalue weighted by Crippen LogP contribution is 2.22. The summed E-state index contributed by atoms with van der Waals surface area (Å²) in [6.07, 6.45) is 5.15. The van der Waals surface area contributed by atoms with Gasteiger partial charge in [-0.3, -0.25) is 4.57 Å². The number of nitrogens with one attached hydrogen (secondary N) is 1. The molecule has 0 amide bonds. The van der Waals surface area contributed by atoms with Crippen LogP contribution >= 0.6 is 0 Å². The van der Waals surface area contributed by atoms with E-state index < -0.39 is 0 Å². The number of fused-ring (bicyclic) bond motifs is 1. The van der Waals surface area contributed by atoms with E-state index in [1.165, 1.54) is 5.56 Å². The molecule has 0 unspecified atom stereocenters. The number of imidazole rings is 1. The first-order valence-corrected chi connectivity index (χ1v) is 7.30. The van der Waals surface area contributed by atoms with E-state index >= 15 is 0 Å². The third-order valence-electron chi connectivity index (χ3n) is 3.64. The fraction of sp³-hybridized carbons (Fsp3) is 0.125. The van der Waals surface area contributed by atoms with Gasteiger partial charge in [0.15, 0.2) is 17.0 Å². The Morgan fingerprint density at radius 2 is 1.96 bits per heavy atom. The van der Waals surface area contributed by atoms with E-state index in [1.807, 2.05) is 42.1 Å². The minimum atomic E-state index is 0.659. The quantitative estimate of drug-likeness (QED) is 0.625. The lowest BCUT2D eigenvalue weighted by atomic mass is 10.2. The number of hydrogen-bond acceptors (Lipinski definition) is 5. The Hall–Kier alpha value is -3.22. The van der Waals surface area contributed by atoms with Gasteiger partial charge in [0.05, 0.1) is 6.54 Å². The average Bonchev–Trinajstić information content (AvgIpc) is 3.24.